The molecule has 0 aliphatic carbocycles. The number of phenolic OH excluding ortho intramolecular Hbond substituents is 1. The summed E-state index contributed by atoms with van der Waals surface area (Å²) >= 11 is 0. The standard InChI is InChI=1S/C15H22N2O4/c1-5-10-6-7-12(18)11(8-10)16-14(19)13(9(2)3)17-15(20)21-4/h6-9,13,18H,5H2,1-4H3,(H,16,19)(H,17,20). The molecule has 1 unspecified atom stereocenters. The van der Waals surface area contributed by atoms with Crippen molar-refractivity contribution in [1.82, 2.24) is 5.32 Å². The van der Waals surface area contributed by atoms with E-state index in [4.69, 9.17) is 0 Å². The molecule has 6 heteroatoms. The van der Waals surface area contributed by atoms with E-state index in [0.29, 0.717) is 5.69 Å². The van der Waals surface area contributed by atoms with Crippen molar-refractivity contribution < 1.29 is 19.4 Å². The van der Waals surface area contributed by atoms with Gasteiger partial charge in [-0.2, -0.15) is 0 Å². The molecular formula is C15H22N2O4. The molecule has 116 valence electrons. The van der Waals surface area contributed by atoms with Crippen LogP contribution in [-0.2, 0) is 16.0 Å². The van der Waals surface area contributed by atoms with Gasteiger partial charge in [-0.15, -0.1) is 0 Å². The van der Waals surface area contributed by atoms with E-state index in [1.165, 1.54) is 13.2 Å². The van der Waals surface area contributed by atoms with E-state index in [1.807, 2.05) is 20.8 Å². The summed E-state index contributed by atoms with van der Waals surface area (Å²) in [7, 11) is 1.24. The molecule has 1 aromatic carbocycles. The van der Waals surface area contributed by atoms with Crippen LogP contribution in [0.1, 0.15) is 26.3 Å². The third kappa shape index (κ3) is 4.66. The van der Waals surface area contributed by atoms with Gasteiger partial charge in [0, 0.05) is 0 Å². The van der Waals surface area contributed by atoms with Gasteiger partial charge in [-0.1, -0.05) is 26.8 Å². The molecule has 0 saturated heterocycles. The zero-order chi connectivity index (χ0) is 16.0. The smallest absolute Gasteiger partial charge is 0.407 e. The quantitative estimate of drug-likeness (QED) is 0.727. The maximum absolute atomic E-state index is 12.3. The van der Waals surface area contributed by atoms with Crippen molar-refractivity contribution in [1.29, 1.82) is 0 Å². The van der Waals surface area contributed by atoms with Crippen LogP contribution in [0.25, 0.3) is 0 Å². The first kappa shape index (κ1) is 16.8. The van der Waals surface area contributed by atoms with Crippen LogP contribution >= 0.6 is 0 Å². The molecular weight excluding hydrogens is 272 g/mol. The number of methoxy groups -OCH3 is 1. The minimum Gasteiger partial charge on any atom is -0.506 e. The largest absolute Gasteiger partial charge is 0.506 e. The summed E-state index contributed by atoms with van der Waals surface area (Å²) < 4.78 is 4.51. The number of amides is 2. The highest BCUT2D eigenvalue weighted by Gasteiger charge is 2.25. The number of phenols is 1. The maximum Gasteiger partial charge on any atom is 0.407 e. The zero-order valence-corrected chi connectivity index (χ0v) is 12.8. The summed E-state index contributed by atoms with van der Waals surface area (Å²) in [5, 5.41) is 14.9. The van der Waals surface area contributed by atoms with E-state index in [0.717, 1.165) is 12.0 Å². The molecule has 3 N–H and O–H groups in total. The van der Waals surface area contributed by atoms with Crippen LogP contribution in [-0.4, -0.2) is 30.3 Å². The highest BCUT2D eigenvalue weighted by Crippen LogP contribution is 2.25. The van der Waals surface area contributed by atoms with Crippen molar-refractivity contribution in [2.24, 2.45) is 5.92 Å². The minimum atomic E-state index is -0.748. The van der Waals surface area contributed by atoms with Crippen LogP contribution < -0.4 is 10.6 Å². The van der Waals surface area contributed by atoms with Crippen molar-refractivity contribution >= 4 is 17.7 Å². The van der Waals surface area contributed by atoms with Gasteiger partial charge < -0.3 is 20.5 Å². The minimum absolute atomic E-state index is 0.0128. The molecule has 0 heterocycles. The first-order valence-corrected chi connectivity index (χ1v) is 6.86. The molecule has 0 saturated carbocycles. The number of nitrogens with one attached hydrogen (secondary N) is 2. The number of aromatic hydroxyl groups is 1. The van der Waals surface area contributed by atoms with Crippen LogP contribution in [0.3, 0.4) is 0 Å². The Labute approximate surface area is 124 Å². The fourth-order valence-electron chi connectivity index (χ4n) is 1.83. The maximum atomic E-state index is 12.3. The predicted octanol–water partition coefficient (Wildman–Crippen LogP) is 2.27. The molecule has 21 heavy (non-hydrogen) atoms. The molecule has 0 aliphatic rings. The summed E-state index contributed by atoms with van der Waals surface area (Å²) in [4.78, 5) is 23.6. The molecule has 1 rings (SSSR count). The molecule has 0 spiro atoms. The number of anilines is 1. The topological polar surface area (TPSA) is 87.7 Å². The van der Waals surface area contributed by atoms with Gasteiger partial charge in [0.05, 0.1) is 12.8 Å². The Bertz CT molecular complexity index is 514. The molecule has 0 aliphatic heterocycles. The van der Waals surface area contributed by atoms with Crippen LogP contribution in [0.5, 0.6) is 5.75 Å². The van der Waals surface area contributed by atoms with Crippen LogP contribution in [0.2, 0.25) is 0 Å². The van der Waals surface area contributed by atoms with Gasteiger partial charge in [0.25, 0.3) is 0 Å². The molecule has 1 atom stereocenters. The summed E-state index contributed by atoms with van der Waals surface area (Å²) in [6, 6.07) is 4.29. The Morgan fingerprint density at radius 3 is 2.52 bits per heavy atom. The molecule has 1 aromatic rings. The van der Waals surface area contributed by atoms with Gasteiger partial charge in [-0.05, 0) is 30.0 Å². The summed E-state index contributed by atoms with van der Waals surface area (Å²) in [6.45, 7) is 5.60. The second-order valence-corrected chi connectivity index (χ2v) is 5.05. The number of hydrogen-bond acceptors (Lipinski definition) is 4. The fraction of sp³-hybridized carbons (Fsp3) is 0.467. The first-order chi connectivity index (χ1) is 9.88. The highest BCUT2D eigenvalue weighted by atomic mass is 16.5. The average molecular weight is 294 g/mol. The third-order valence-corrected chi connectivity index (χ3v) is 3.13. The van der Waals surface area contributed by atoms with Gasteiger partial charge in [0.1, 0.15) is 11.8 Å². The van der Waals surface area contributed by atoms with Crippen LogP contribution in [0.4, 0.5) is 10.5 Å². The van der Waals surface area contributed by atoms with Gasteiger partial charge in [0.15, 0.2) is 0 Å². The number of carbonyl (C=O) groups excluding carboxylic acids is 2. The number of hydrogen-bond donors (Lipinski definition) is 3. The normalized spacial score (nSPS) is 11.9. The number of ether oxygens (including phenoxy) is 1. The van der Waals surface area contributed by atoms with Crippen molar-refractivity contribution in [3.63, 3.8) is 0 Å². The molecule has 2 amide bonds. The molecule has 0 radical (unpaired) electrons. The molecule has 0 fully saturated rings. The number of carbonyl (C=O) groups is 2. The lowest BCUT2D eigenvalue weighted by Gasteiger charge is -2.21. The SMILES string of the molecule is CCc1ccc(O)c(NC(=O)C(NC(=O)OC)C(C)C)c1. The number of aryl methyl sites for hydroxylation is 1. The Morgan fingerprint density at radius 1 is 1.33 bits per heavy atom. The lowest BCUT2D eigenvalue weighted by molar-refractivity contribution is -0.119. The predicted molar refractivity (Wildman–Crippen MR) is 80.3 cm³/mol. The lowest BCUT2D eigenvalue weighted by atomic mass is 10.0. The number of rotatable bonds is 5. The fourth-order valence-corrected chi connectivity index (χ4v) is 1.83. The first-order valence-electron chi connectivity index (χ1n) is 6.86. The van der Waals surface area contributed by atoms with E-state index in [1.54, 1.807) is 12.1 Å². The monoisotopic (exact) mass is 294 g/mol. The van der Waals surface area contributed by atoms with E-state index >= 15 is 0 Å². The van der Waals surface area contributed by atoms with Crippen molar-refractivity contribution in [2.75, 3.05) is 12.4 Å². The Balaban J connectivity index is 2.88. The zero-order valence-electron chi connectivity index (χ0n) is 12.8. The molecule has 0 bridgehead atoms. The lowest BCUT2D eigenvalue weighted by Crippen LogP contribution is -2.47. The second kappa shape index (κ2) is 7.52. The van der Waals surface area contributed by atoms with E-state index in [9.17, 15) is 14.7 Å². The van der Waals surface area contributed by atoms with E-state index in [-0.39, 0.29) is 11.7 Å². The van der Waals surface area contributed by atoms with Gasteiger partial charge in [-0.3, -0.25) is 4.79 Å². The van der Waals surface area contributed by atoms with Crippen LogP contribution in [0.15, 0.2) is 18.2 Å². The Morgan fingerprint density at radius 2 is 2.00 bits per heavy atom. The number of alkyl carbamates (subject to hydrolysis) is 1. The third-order valence-electron chi connectivity index (χ3n) is 3.13. The summed E-state index contributed by atoms with van der Waals surface area (Å²) in [5.74, 6) is -0.541. The molecule has 0 aromatic heterocycles. The molecule has 6 nitrogen and oxygen atoms in total. The second-order valence-electron chi connectivity index (χ2n) is 5.05. The highest BCUT2D eigenvalue weighted by molar-refractivity contribution is 5.97. The van der Waals surface area contributed by atoms with Crippen molar-refractivity contribution in [2.45, 2.75) is 33.2 Å². The van der Waals surface area contributed by atoms with Crippen molar-refractivity contribution in [3.8, 4) is 5.75 Å². The van der Waals surface area contributed by atoms with Crippen LogP contribution in [0, 0.1) is 5.92 Å². The van der Waals surface area contributed by atoms with E-state index in [2.05, 4.69) is 15.4 Å². The van der Waals surface area contributed by atoms with Gasteiger partial charge in [0.2, 0.25) is 5.91 Å². The average Bonchev–Trinajstić information content (AvgIpc) is 2.46. The van der Waals surface area contributed by atoms with Gasteiger partial charge >= 0.3 is 6.09 Å². The summed E-state index contributed by atoms with van der Waals surface area (Å²) in [6.07, 6.45) is 0.118. The summed E-state index contributed by atoms with van der Waals surface area (Å²) in [5.41, 5.74) is 1.32. The van der Waals surface area contributed by atoms with Crippen molar-refractivity contribution in [3.05, 3.63) is 23.8 Å². The Kier molecular flexibility index (Phi) is 6.02. The Hall–Kier alpha value is -2.24. The number of benzene rings is 1. The van der Waals surface area contributed by atoms with E-state index < -0.39 is 18.0 Å². The van der Waals surface area contributed by atoms with Gasteiger partial charge in [-0.25, -0.2) is 4.79 Å².